The molecule has 0 unspecified atom stereocenters. The number of hydrogen-bond donors (Lipinski definition) is 0. The Morgan fingerprint density at radius 2 is 1.90 bits per heavy atom. The Labute approximate surface area is 242 Å². The monoisotopic (exact) mass is 591 g/mol. The Balaban J connectivity index is 1.19. The number of aromatic nitrogens is 5. The molecule has 0 aliphatic carbocycles. The lowest BCUT2D eigenvalue weighted by Gasteiger charge is -2.37. The van der Waals surface area contributed by atoms with Gasteiger partial charge in [0.05, 0.1) is 28.3 Å². The lowest BCUT2D eigenvalue weighted by atomic mass is 10.1. The van der Waals surface area contributed by atoms with Crippen LogP contribution in [-0.4, -0.2) is 69.7 Å². The van der Waals surface area contributed by atoms with Crippen molar-refractivity contribution in [3.8, 4) is 27.8 Å². The summed E-state index contributed by atoms with van der Waals surface area (Å²) in [5.74, 6) is 1.32. The predicted octanol–water partition coefficient (Wildman–Crippen LogP) is 4.71. The van der Waals surface area contributed by atoms with Gasteiger partial charge in [0.25, 0.3) is 0 Å². The van der Waals surface area contributed by atoms with E-state index < -0.39 is 5.82 Å². The highest BCUT2D eigenvalue weighted by atomic mass is 32.2. The molecular formula is C28H26FN7O3S2. The fourth-order valence-electron chi connectivity index (χ4n) is 5.20. The Kier molecular flexibility index (Phi) is 6.72. The van der Waals surface area contributed by atoms with Crippen LogP contribution in [0.15, 0.2) is 56.1 Å². The smallest absolute Gasteiger partial charge is 0.247 e. The van der Waals surface area contributed by atoms with E-state index in [4.69, 9.17) is 9.15 Å². The van der Waals surface area contributed by atoms with Gasteiger partial charge in [0.15, 0.2) is 26.3 Å². The summed E-state index contributed by atoms with van der Waals surface area (Å²) in [5, 5.41) is 17.6. The van der Waals surface area contributed by atoms with E-state index in [9.17, 15) is 4.79 Å². The summed E-state index contributed by atoms with van der Waals surface area (Å²) >= 11 is 2.71. The van der Waals surface area contributed by atoms with E-state index in [1.807, 2.05) is 52.9 Å². The van der Waals surface area contributed by atoms with Gasteiger partial charge in [0.2, 0.25) is 11.8 Å². The summed E-state index contributed by atoms with van der Waals surface area (Å²) in [4.78, 5) is 18.0. The fraction of sp³-hybridized carbons (Fsp3) is 0.321. The summed E-state index contributed by atoms with van der Waals surface area (Å²) in [7, 11) is 2.06. The molecule has 1 saturated heterocycles. The van der Waals surface area contributed by atoms with Crippen LogP contribution in [0.3, 0.4) is 0 Å². The summed E-state index contributed by atoms with van der Waals surface area (Å²) < 4.78 is 30.2. The minimum Gasteiger partial charge on any atom is -0.487 e. The van der Waals surface area contributed by atoms with Crippen LogP contribution in [0.4, 0.5) is 10.1 Å². The molecule has 7 rings (SSSR count). The maximum Gasteiger partial charge on any atom is 0.247 e. The van der Waals surface area contributed by atoms with Gasteiger partial charge in [-0.15, -0.1) is 20.4 Å². The third kappa shape index (κ3) is 4.77. The fourth-order valence-corrected chi connectivity index (χ4v) is 6.89. The number of piperazine rings is 1. The first-order valence-corrected chi connectivity index (χ1v) is 15.1. The van der Waals surface area contributed by atoms with Crippen LogP contribution in [0.2, 0.25) is 0 Å². The van der Waals surface area contributed by atoms with Crippen LogP contribution in [0.5, 0.6) is 5.75 Å². The zero-order valence-electron chi connectivity index (χ0n) is 22.4. The van der Waals surface area contributed by atoms with Gasteiger partial charge in [0.1, 0.15) is 12.3 Å². The van der Waals surface area contributed by atoms with Gasteiger partial charge >= 0.3 is 0 Å². The molecule has 1 atom stereocenters. The number of anilines is 1. The maximum atomic E-state index is 15.7. The van der Waals surface area contributed by atoms with E-state index in [0.717, 1.165) is 18.7 Å². The van der Waals surface area contributed by atoms with Gasteiger partial charge in [-0.25, -0.2) is 4.39 Å². The van der Waals surface area contributed by atoms with Gasteiger partial charge in [-0.2, -0.15) is 0 Å². The van der Waals surface area contributed by atoms with Crippen molar-refractivity contribution in [1.29, 1.82) is 0 Å². The van der Waals surface area contributed by atoms with Crippen LogP contribution in [0.25, 0.3) is 32.9 Å². The van der Waals surface area contributed by atoms with Crippen LogP contribution < -0.4 is 15.1 Å². The normalized spacial score (nSPS) is 17.2. The summed E-state index contributed by atoms with van der Waals surface area (Å²) in [6.45, 7) is 5.44. The standard InChI is InChI=1S/C28H26FN7O3S2/c1-16-14-38-25-22-18(12-20(29)23(25)35-10-8-34(2)9-11-35)24(37)19(13-36(16)22)27-32-33-28(41-27)40-15-21-30-31-26(39-21)17-6-4-3-5-7-17/h3-7,12-13,16H,8-11,14-15H2,1-2H3/t16-/m0/s1. The van der Waals surface area contributed by atoms with Crippen LogP contribution in [-0.2, 0) is 5.75 Å². The number of thioether (sulfide) groups is 1. The molecule has 41 heavy (non-hydrogen) atoms. The van der Waals surface area contributed by atoms with Crippen molar-refractivity contribution in [1.82, 2.24) is 29.9 Å². The molecule has 13 heteroatoms. The molecule has 0 saturated carbocycles. The van der Waals surface area contributed by atoms with Crippen molar-refractivity contribution in [2.24, 2.45) is 0 Å². The van der Waals surface area contributed by atoms with Gasteiger partial charge in [-0.05, 0) is 32.2 Å². The molecule has 0 radical (unpaired) electrons. The molecular weight excluding hydrogens is 565 g/mol. The number of likely N-dealkylation sites (N-methyl/N-ethyl adjacent to an activating group) is 1. The molecule has 0 bridgehead atoms. The average Bonchev–Trinajstić information content (AvgIpc) is 3.66. The van der Waals surface area contributed by atoms with Crippen molar-refractivity contribution in [2.45, 2.75) is 23.1 Å². The molecule has 10 nitrogen and oxygen atoms in total. The number of ether oxygens (including phenoxy) is 1. The van der Waals surface area contributed by atoms with Crippen LogP contribution >= 0.6 is 23.1 Å². The Bertz CT molecular complexity index is 1800. The number of halogens is 1. The largest absolute Gasteiger partial charge is 0.487 e. The highest BCUT2D eigenvalue weighted by Crippen LogP contribution is 2.43. The number of pyridine rings is 1. The molecule has 2 aromatic carbocycles. The highest BCUT2D eigenvalue weighted by molar-refractivity contribution is 8.00. The zero-order valence-corrected chi connectivity index (χ0v) is 24.0. The van der Waals surface area contributed by atoms with E-state index in [-0.39, 0.29) is 16.9 Å². The first kappa shape index (κ1) is 26.1. The number of hydrogen-bond acceptors (Lipinski definition) is 11. The molecule has 0 amide bonds. The minimum absolute atomic E-state index is 0.0479. The molecule has 2 aliphatic rings. The third-order valence-corrected chi connectivity index (χ3v) is 9.48. The average molecular weight is 592 g/mol. The number of rotatable bonds is 6. The van der Waals surface area contributed by atoms with E-state index in [2.05, 4.69) is 32.3 Å². The van der Waals surface area contributed by atoms with Gasteiger partial charge in [-0.3, -0.25) is 4.79 Å². The molecule has 5 aromatic rings. The molecule has 0 N–H and O–H groups in total. The molecule has 1 fully saturated rings. The Morgan fingerprint density at radius 1 is 1.10 bits per heavy atom. The third-order valence-electron chi connectivity index (χ3n) is 7.41. The second kappa shape index (κ2) is 10.5. The van der Waals surface area contributed by atoms with Gasteiger partial charge in [0, 0.05) is 37.9 Å². The first-order valence-electron chi connectivity index (χ1n) is 13.3. The Morgan fingerprint density at radius 3 is 2.71 bits per heavy atom. The summed E-state index contributed by atoms with van der Waals surface area (Å²) in [6.07, 6.45) is 1.81. The molecule has 0 spiro atoms. The quantitative estimate of drug-likeness (QED) is 0.258. The lowest BCUT2D eigenvalue weighted by molar-refractivity contribution is 0.245. The van der Waals surface area contributed by atoms with Crippen molar-refractivity contribution in [2.75, 3.05) is 44.7 Å². The van der Waals surface area contributed by atoms with Crippen LogP contribution in [0, 0.1) is 5.82 Å². The molecule has 2 aliphatic heterocycles. The van der Waals surface area contributed by atoms with E-state index in [1.54, 1.807) is 0 Å². The Hall–Kier alpha value is -3.81. The second-order valence-corrected chi connectivity index (χ2v) is 12.4. The topological polar surface area (TPSA) is 102 Å². The summed E-state index contributed by atoms with van der Waals surface area (Å²) in [5.41, 5.74) is 2.00. The SMILES string of the molecule is C[C@H]1COc2c(N3CCN(C)CC3)c(F)cc3c(=O)c(-c4nnc(SCc5nnc(-c6ccccc6)o5)s4)cn1c23. The molecule has 3 aromatic heterocycles. The number of benzene rings is 2. The lowest BCUT2D eigenvalue weighted by Crippen LogP contribution is -2.45. The minimum atomic E-state index is -0.449. The molecule has 210 valence electrons. The van der Waals surface area contributed by atoms with Crippen LogP contribution in [0.1, 0.15) is 18.9 Å². The van der Waals surface area contributed by atoms with Crippen molar-refractivity contribution in [3.63, 3.8) is 0 Å². The van der Waals surface area contributed by atoms with Crippen molar-refractivity contribution < 1.29 is 13.5 Å². The molecule has 5 heterocycles. The van der Waals surface area contributed by atoms with E-state index in [0.29, 0.717) is 69.1 Å². The zero-order chi connectivity index (χ0) is 28.1. The van der Waals surface area contributed by atoms with Crippen molar-refractivity contribution >= 4 is 39.7 Å². The highest BCUT2D eigenvalue weighted by Gasteiger charge is 2.31. The van der Waals surface area contributed by atoms with Gasteiger partial charge in [-0.1, -0.05) is 41.3 Å². The maximum absolute atomic E-state index is 15.7. The van der Waals surface area contributed by atoms with E-state index in [1.165, 1.54) is 29.2 Å². The summed E-state index contributed by atoms with van der Waals surface area (Å²) in [6, 6.07) is 10.9. The first-order chi connectivity index (χ1) is 20.0. The van der Waals surface area contributed by atoms with Gasteiger partial charge < -0.3 is 23.5 Å². The van der Waals surface area contributed by atoms with Crippen molar-refractivity contribution in [3.05, 3.63) is 64.5 Å². The van der Waals surface area contributed by atoms with E-state index >= 15 is 4.39 Å². The number of nitrogens with zero attached hydrogens (tertiary/aromatic N) is 7. The second-order valence-electron chi connectivity index (χ2n) is 10.2. The predicted molar refractivity (Wildman–Crippen MR) is 156 cm³/mol.